The Bertz CT molecular complexity index is 384. The second kappa shape index (κ2) is 5.82. The first-order valence-electron chi connectivity index (χ1n) is 6.19. The number of carbonyl (C=O) groups is 1. The van der Waals surface area contributed by atoms with Crippen LogP contribution in [0.3, 0.4) is 0 Å². The summed E-state index contributed by atoms with van der Waals surface area (Å²) in [6.45, 7) is 2.64. The predicted molar refractivity (Wildman–Crippen MR) is 67.6 cm³/mol. The van der Waals surface area contributed by atoms with E-state index in [4.69, 9.17) is 4.74 Å². The van der Waals surface area contributed by atoms with E-state index in [1.165, 1.54) is 19.3 Å². The number of methoxy groups -OCH3 is 1. The molecule has 0 aliphatic carbocycles. The van der Waals surface area contributed by atoms with Crippen LogP contribution in [0.2, 0.25) is 0 Å². The molecular formula is C14H19NO2. The first kappa shape index (κ1) is 12.1. The summed E-state index contributed by atoms with van der Waals surface area (Å²) in [6.07, 6.45) is 3.72. The van der Waals surface area contributed by atoms with Crippen molar-refractivity contribution < 1.29 is 9.53 Å². The van der Waals surface area contributed by atoms with E-state index in [0.717, 1.165) is 24.4 Å². The van der Waals surface area contributed by atoms with Gasteiger partial charge in [-0.3, -0.25) is 9.69 Å². The van der Waals surface area contributed by atoms with E-state index < -0.39 is 0 Å². The molecule has 17 heavy (non-hydrogen) atoms. The Balaban J connectivity index is 1.98. The van der Waals surface area contributed by atoms with E-state index in [1.807, 2.05) is 24.3 Å². The molecule has 2 rings (SSSR count). The van der Waals surface area contributed by atoms with Gasteiger partial charge in [0.1, 0.15) is 5.75 Å². The summed E-state index contributed by atoms with van der Waals surface area (Å²) in [5.41, 5.74) is 0.745. The zero-order valence-electron chi connectivity index (χ0n) is 10.3. The average Bonchev–Trinajstić information content (AvgIpc) is 2.40. The quantitative estimate of drug-likeness (QED) is 0.748. The van der Waals surface area contributed by atoms with Gasteiger partial charge in [0.25, 0.3) is 0 Å². The molecule has 0 aromatic heterocycles. The Labute approximate surface area is 102 Å². The van der Waals surface area contributed by atoms with E-state index in [9.17, 15) is 4.79 Å². The number of hydrogen-bond donors (Lipinski definition) is 0. The molecule has 1 heterocycles. The van der Waals surface area contributed by atoms with Gasteiger partial charge in [-0.1, -0.05) is 18.6 Å². The number of benzene rings is 1. The van der Waals surface area contributed by atoms with E-state index in [1.54, 1.807) is 7.11 Å². The molecule has 0 bridgehead atoms. The predicted octanol–water partition coefficient (Wildman–Crippen LogP) is 2.36. The maximum atomic E-state index is 12.1. The summed E-state index contributed by atoms with van der Waals surface area (Å²) in [7, 11) is 1.62. The van der Waals surface area contributed by atoms with E-state index >= 15 is 0 Å². The summed E-state index contributed by atoms with van der Waals surface area (Å²) in [5, 5.41) is 0. The van der Waals surface area contributed by atoms with Crippen molar-refractivity contribution in [3.63, 3.8) is 0 Å². The van der Waals surface area contributed by atoms with Gasteiger partial charge in [-0.25, -0.2) is 0 Å². The molecule has 1 aromatic carbocycles. The Morgan fingerprint density at radius 2 is 2.06 bits per heavy atom. The van der Waals surface area contributed by atoms with Crippen LogP contribution < -0.4 is 4.74 Å². The van der Waals surface area contributed by atoms with Gasteiger partial charge < -0.3 is 4.74 Å². The normalized spacial score (nSPS) is 16.8. The highest BCUT2D eigenvalue weighted by Crippen LogP contribution is 2.14. The first-order valence-corrected chi connectivity index (χ1v) is 6.19. The summed E-state index contributed by atoms with van der Waals surface area (Å²) in [5.74, 6) is 0.931. The molecule has 0 N–H and O–H groups in total. The molecule has 0 unspecified atom stereocenters. The molecule has 1 aromatic rings. The van der Waals surface area contributed by atoms with Crippen LogP contribution in [-0.2, 0) is 0 Å². The lowest BCUT2D eigenvalue weighted by atomic mass is 10.1. The second-order valence-electron chi connectivity index (χ2n) is 4.49. The van der Waals surface area contributed by atoms with Gasteiger partial charge >= 0.3 is 0 Å². The van der Waals surface area contributed by atoms with Crippen LogP contribution in [0.5, 0.6) is 5.75 Å². The van der Waals surface area contributed by atoms with Gasteiger partial charge in [0.15, 0.2) is 5.78 Å². The number of hydrogen-bond acceptors (Lipinski definition) is 3. The van der Waals surface area contributed by atoms with Crippen molar-refractivity contribution in [2.75, 3.05) is 26.7 Å². The largest absolute Gasteiger partial charge is 0.497 e. The van der Waals surface area contributed by atoms with Crippen LogP contribution in [-0.4, -0.2) is 37.4 Å². The molecule has 1 aliphatic rings. The molecule has 0 spiro atoms. The molecule has 0 amide bonds. The van der Waals surface area contributed by atoms with E-state index in [0.29, 0.717) is 6.54 Å². The van der Waals surface area contributed by atoms with Crippen molar-refractivity contribution in [3.8, 4) is 5.75 Å². The van der Waals surface area contributed by atoms with Gasteiger partial charge in [-0.15, -0.1) is 0 Å². The summed E-state index contributed by atoms with van der Waals surface area (Å²) < 4.78 is 5.13. The van der Waals surface area contributed by atoms with Crippen molar-refractivity contribution in [2.45, 2.75) is 19.3 Å². The first-order chi connectivity index (χ1) is 8.29. The molecule has 1 aliphatic heterocycles. The molecular weight excluding hydrogens is 214 g/mol. The smallest absolute Gasteiger partial charge is 0.176 e. The van der Waals surface area contributed by atoms with Gasteiger partial charge in [-0.2, -0.15) is 0 Å². The minimum atomic E-state index is 0.186. The summed E-state index contributed by atoms with van der Waals surface area (Å²) in [4.78, 5) is 14.3. The molecule has 0 saturated carbocycles. The molecule has 1 saturated heterocycles. The maximum absolute atomic E-state index is 12.1. The number of nitrogens with zero attached hydrogens (tertiary/aromatic N) is 1. The maximum Gasteiger partial charge on any atom is 0.176 e. The van der Waals surface area contributed by atoms with Crippen LogP contribution in [0.4, 0.5) is 0 Å². The zero-order chi connectivity index (χ0) is 12.1. The van der Waals surface area contributed by atoms with Crippen molar-refractivity contribution in [1.29, 1.82) is 0 Å². The highest BCUT2D eigenvalue weighted by Gasteiger charge is 2.15. The summed E-state index contributed by atoms with van der Waals surface area (Å²) >= 11 is 0. The molecule has 3 nitrogen and oxygen atoms in total. The minimum Gasteiger partial charge on any atom is -0.497 e. The lowest BCUT2D eigenvalue weighted by Crippen LogP contribution is -2.34. The van der Waals surface area contributed by atoms with Gasteiger partial charge in [0.2, 0.25) is 0 Å². The lowest BCUT2D eigenvalue weighted by Gasteiger charge is -2.25. The van der Waals surface area contributed by atoms with Gasteiger partial charge in [0.05, 0.1) is 13.7 Å². The fraction of sp³-hybridized carbons (Fsp3) is 0.500. The number of rotatable bonds is 4. The Morgan fingerprint density at radius 3 is 2.76 bits per heavy atom. The standard InChI is InChI=1S/C14H19NO2/c1-17-13-7-5-6-12(10-13)14(16)11-15-8-3-2-4-9-15/h5-7,10H,2-4,8-9,11H2,1H3. The SMILES string of the molecule is COc1cccc(C(=O)CN2CCCCC2)c1. The third-order valence-electron chi connectivity index (χ3n) is 3.21. The average molecular weight is 233 g/mol. The van der Waals surface area contributed by atoms with Crippen LogP contribution >= 0.6 is 0 Å². The second-order valence-corrected chi connectivity index (χ2v) is 4.49. The zero-order valence-corrected chi connectivity index (χ0v) is 10.3. The number of ether oxygens (including phenoxy) is 1. The van der Waals surface area contributed by atoms with Gasteiger partial charge in [0, 0.05) is 5.56 Å². The Morgan fingerprint density at radius 1 is 1.29 bits per heavy atom. The molecule has 0 radical (unpaired) electrons. The van der Waals surface area contributed by atoms with Gasteiger partial charge in [-0.05, 0) is 38.1 Å². The number of likely N-dealkylation sites (tertiary alicyclic amines) is 1. The van der Waals surface area contributed by atoms with E-state index in [-0.39, 0.29) is 5.78 Å². The fourth-order valence-electron chi connectivity index (χ4n) is 2.21. The van der Waals surface area contributed by atoms with Crippen LogP contribution in [0.25, 0.3) is 0 Å². The van der Waals surface area contributed by atoms with Crippen molar-refractivity contribution >= 4 is 5.78 Å². The Kier molecular flexibility index (Phi) is 4.15. The third-order valence-corrected chi connectivity index (χ3v) is 3.21. The van der Waals surface area contributed by atoms with Crippen LogP contribution in [0, 0.1) is 0 Å². The highest BCUT2D eigenvalue weighted by molar-refractivity contribution is 5.97. The number of ketones is 1. The van der Waals surface area contributed by atoms with Crippen molar-refractivity contribution in [2.24, 2.45) is 0 Å². The number of Topliss-reactive ketones (excluding diaryl/α,β-unsaturated/α-hetero) is 1. The molecule has 3 heteroatoms. The van der Waals surface area contributed by atoms with Crippen molar-refractivity contribution in [3.05, 3.63) is 29.8 Å². The fourth-order valence-corrected chi connectivity index (χ4v) is 2.21. The number of carbonyl (C=O) groups excluding carboxylic acids is 1. The topological polar surface area (TPSA) is 29.5 Å². The minimum absolute atomic E-state index is 0.186. The molecule has 92 valence electrons. The van der Waals surface area contributed by atoms with Crippen LogP contribution in [0.1, 0.15) is 29.6 Å². The highest BCUT2D eigenvalue weighted by atomic mass is 16.5. The number of piperidine rings is 1. The Hall–Kier alpha value is -1.35. The monoisotopic (exact) mass is 233 g/mol. The van der Waals surface area contributed by atoms with Crippen LogP contribution in [0.15, 0.2) is 24.3 Å². The lowest BCUT2D eigenvalue weighted by molar-refractivity contribution is 0.0915. The third kappa shape index (κ3) is 3.30. The van der Waals surface area contributed by atoms with E-state index in [2.05, 4.69) is 4.90 Å². The molecule has 1 fully saturated rings. The van der Waals surface area contributed by atoms with Crippen molar-refractivity contribution in [1.82, 2.24) is 4.90 Å². The summed E-state index contributed by atoms with van der Waals surface area (Å²) in [6, 6.07) is 7.39. The molecule has 0 atom stereocenters.